The zero-order valence-corrected chi connectivity index (χ0v) is 14.9. The maximum Gasteiger partial charge on any atom is 0.270 e. The molecule has 0 saturated heterocycles. The molecule has 0 unspecified atom stereocenters. The molecule has 2 heterocycles. The van der Waals surface area contributed by atoms with Crippen molar-refractivity contribution in [2.24, 2.45) is 0 Å². The maximum atomic E-state index is 13.9. The molecule has 0 fully saturated rings. The van der Waals surface area contributed by atoms with Crippen LogP contribution in [-0.2, 0) is 0 Å². The Morgan fingerprint density at radius 2 is 2.20 bits per heavy atom. The third-order valence-electron chi connectivity index (χ3n) is 4.71. The van der Waals surface area contributed by atoms with Crippen LogP contribution in [0.25, 0.3) is 0 Å². The number of halogens is 1. The Morgan fingerprint density at radius 3 is 2.92 bits per heavy atom. The van der Waals surface area contributed by atoms with E-state index in [1.165, 1.54) is 6.07 Å². The number of fused-ring (bicyclic) bond motifs is 1. The van der Waals surface area contributed by atoms with Crippen LogP contribution in [0.3, 0.4) is 0 Å². The van der Waals surface area contributed by atoms with Crippen LogP contribution >= 0.6 is 0 Å². The lowest BCUT2D eigenvalue weighted by Crippen LogP contribution is -2.34. The van der Waals surface area contributed by atoms with E-state index in [9.17, 15) is 9.18 Å². The van der Waals surface area contributed by atoms with Gasteiger partial charge in [0.25, 0.3) is 5.91 Å². The third-order valence-corrected chi connectivity index (χ3v) is 4.71. The van der Waals surface area contributed by atoms with Crippen LogP contribution < -0.4 is 10.1 Å². The molecule has 0 radical (unpaired) electrons. The predicted molar refractivity (Wildman–Crippen MR) is 93.3 cm³/mol. The van der Waals surface area contributed by atoms with E-state index in [1.54, 1.807) is 18.2 Å². The van der Waals surface area contributed by atoms with Gasteiger partial charge in [0.15, 0.2) is 11.6 Å². The second-order valence-corrected chi connectivity index (χ2v) is 6.41. The molecule has 6 heteroatoms. The average molecular weight is 345 g/mol. The Bertz CT molecular complexity index is 768. The molecular weight excluding hydrogens is 321 g/mol. The molecule has 1 aliphatic rings. The van der Waals surface area contributed by atoms with E-state index in [4.69, 9.17) is 4.74 Å². The Kier molecular flexibility index (Phi) is 5.06. The van der Waals surface area contributed by atoms with E-state index >= 15 is 0 Å². The van der Waals surface area contributed by atoms with E-state index < -0.39 is 5.82 Å². The van der Waals surface area contributed by atoms with Crippen LogP contribution in [0, 0.1) is 12.7 Å². The van der Waals surface area contributed by atoms with E-state index in [2.05, 4.69) is 24.3 Å². The van der Waals surface area contributed by atoms with Crippen LogP contribution in [0.4, 0.5) is 4.39 Å². The van der Waals surface area contributed by atoms with Crippen molar-refractivity contribution in [2.75, 3.05) is 6.61 Å². The first-order valence-corrected chi connectivity index (χ1v) is 8.83. The molecule has 3 rings (SSSR count). The smallest absolute Gasteiger partial charge is 0.270 e. The van der Waals surface area contributed by atoms with Gasteiger partial charge in [-0.2, -0.15) is 5.10 Å². The first kappa shape index (κ1) is 17.5. The van der Waals surface area contributed by atoms with Crippen molar-refractivity contribution in [1.82, 2.24) is 15.1 Å². The van der Waals surface area contributed by atoms with Gasteiger partial charge in [0.05, 0.1) is 24.4 Å². The van der Waals surface area contributed by atoms with Crippen LogP contribution in [0.15, 0.2) is 24.3 Å². The molecule has 1 atom stereocenters. The maximum absolute atomic E-state index is 13.9. The molecular formula is C19H24FN3O2. The predicted octanol–water partition coefficient (Wildman–Crippen LogP) is 3.95. The van der Waals surface area contributed by atoms with E-state index in [0.29, 0.717) is 24.3 Å². The molecule has 0 bridgehead atoms. The summed E-state index contributed by atoms with van der Waals surface area (Å²) in [6, 6.07) is 6.53. The number of hydrogen-bond acceptors (Lipinski definition) is 3. The van der Waals surface area contributed by atoms with Crippen LogP contribution in [0.5, 0.6) is 5.75 Å². The fourth-order valence-corrected chi connectivity index (χ4v) is 3.37. The van der Waals surface area contributed by atoms with Crippen molar-refractivity contribution in [1.29, 1.82) is 0 Å². The minimum Gasteiger partial charge on any atom is -0.490 e. The van der Waals surface area contributed by atoms with Gasteiger partial charge >= 0.3 is 0 Å². The molecule has 0 spiro atoms. The number of carbonyl (C=O) groups is 1. The van der Waals surface area contributed by atoms with Crippen molar-refractivity contribution in [3.8, 4) is 5.75 Å². The minimum atomic E-state index is -0.394. The molecule has 5 nitrogen and oxygen atoms in total. The van der Waals surface area contributed by atoms with Gasteiger partial charge in [-0.15, -0.1) is 0 Å². The van der Waals surface area contributed by atoms with Gasteiger partial charge in [-0.25, -0.2) is 4.39 Å². The average Bonchev–Trinajstić information content (AvgIpc) is 2.99. The van der Waals surface area contributed by atoms with Crippen LogP contribution in [0.2, 0.25) is 0 Å². The second kappa shape index (κ2) is 7.25. The molecule has 134 valence electrons. The van der Waals surface area contributed by atoms with Crippen molar-refractivity contribution >= 4 is 5.91 Å². The van der Waals surface area contributed by atoms with Gasteiger partial charge in [0.2, 0.25) is 0 Å². The normalized spacial score (nSPS) is 16.4. The summed E-state index contributed by atoms with van der Waals surface area (Å²) < 4.78 is 21.2. The molecule has 2 aromatic rings. The van der Waals surface area contributed by atoms with E-state index in [-0.39, 0.29) is 23.7 Å². The van der Waals surface area contributed by atoms with Gasteiger partial charge in [-0.05, 0) is 31.9 Å². The minimum absolute atomic E-state index is 0.186. The first-order valence-electron chi connectivity index (χ1n) is 8.83. The second-order valence-electron chi connectivity index (χ2n) is 6.41. The van der Waals surface area contributed by atoms with E-state index in [1.807, 2.05) is 11.6 Å². The number of ether oxygens (including phenoxy) is 1. The van der Waals surface area contributed by atoms with Crippen LogP contribution in [0.1, 0.15) is 66.9 Å². The lowest BCUT2D eigenvalue weighted by molar-refractivity contribution is 0.0909. The van der Waals surface area contributed by atoms with E-state index in [0.717, 1.165) is 18.5 Å². The van der Waals surface area contributed by atoms with Crippen LogP contribution in [-0.4, -0.2) is 22.3 Å². The standard InChI is InChI=1S/C19H24FN3O2/c1-4-13(5-2)23-17(11-12(3)22-23)19(24)21-16-9-10-25-18-14(16)7-6-8-15(18)20/h6-8,11,13,16H,4-5,9-10H2,1-3H3,(H,21,24)/t16-/m1/s1. The van der Waals surface area contributed by atoms with Crippen molar-refractivity contribution in [3.05, 3.63) is 47.0 Å². The molecule has 0 aliphatic carbocycles. The lowest BCUT2D eigenvalue weighted by atomic mass is 10.00. The quantitative estimate of drug-likeness (QED) is 0.893. The fourth-order valence-electron chi connectivity index (χ4n) is 3.37. The van der Waals surface area contributed by atoms with Gasteiger partial charge in [-0.1, -0.05) is 26.0 Å². The molecule has 0 saturated carbocycles. The number of aryl methyl sites for hydroxylation is 1. The summed E-state index contributed by atoms with van der Waals surface area (Å²) in [5, 5.41) is 7.53. The van der Waals surface area contributed by atoms with Gasteiger partial charge in [0.1, 0.15) is 5.69 Å². The zero-order valence-electron chi connectivity index (χ0n) is 14.9. The van der Waals surface area contributed by atoms with Crippen molar-refractivity contribution < 1.29 is 13.9 Å². The van der Waals surface area contributed by atoms with Gasteiger partial charge < -0.3 is 10.1 Å². The Hall–Kier alpha value is -2.37. The Labute approximate surface area is 147 Å². The number of benzene rings is 1. The summed E-state index contributed by atoms with van der Waals surface area (Å²) in [5.74, 6) is -0.340. The zero-order chi connectivity index (χ0) is 18.0. The summed E-state index contributed by atoms with van der Waals surface area (Å²) in [6.07, 6.45) is 2.42. The highest BCUT2D eigenvalue weighted by molar-refractivity contribution is 5.93. The highest BCUT2D eigenvalue weighted by Gasteiger charge is 2.27. The van der Waals surface area contributed by atoms with Crippen molar-refractivity contribution in [2.45, 2.75) is 52.1 Å². The summed E-state index contributed by atoms with van der Waals surface area (Å²) in [5.41, 5.74) is 2.05. The topological polar surface area (TPSA) is 56.2 Å². The number of amides is 1. The molecule has 1 amide bonds. The van der Waals surface area contributed by atoms with Gasteiger partial charge in [-0.3, -0.25) is 9.48 Å². The number of carbonyl (C=O) groups excluding carboxylic acids is 1. The number of aromatic nitrogens is 2. The van der Waals surface area contributed by atoms with Gasteiger partial charge in [0, 0.05) is 12.0 Å². The first-order chi connectivity index (χ1) is 12.0. The monoisotopic (exact) mass is 345 g/mol. The lowest BCUT2D eigenvalue weighted by Gasteiger charge is -2.27. The summed E-state index contributed by atoms with van der Waals surface area (Å²) in [7, 11) is 0. The molecule has 1 aromatic heterocycles. The molecule has 1 aromatic carbocycles. The number of hydrogen-bond donors (Lipinski definition) is 1. The third kappa shape index (κ3) is 3.38. The number of nitrogens with zero attached hydrogens (tertiary/aromatic N) is 2. The number of nitrogens with one attached hydrogen (secondary N) is 1. The molecule has 25 heavy (non-hydrogen) atoms. The summed E-state index contributed by atoms with van der Waals surface area (Å²) in [4.78, 5) is 12.9. The fraction of sp³-hybridized carbons (Fsp3) is 0.474. The summed E-state index contributed by atoms with van der Waals surface area (Å²) >= 11 is 0. The highest BCUT2D eigenvalue weighted by Crippen LogP contribution is 2.34. The van der Waals surface area contributed by atoms with Crippen molar-refractivity contribution in [3.63, 3.8) is 0 Å². The largest absolute Gasteiger partial charge is 0.490 e. The summed E-state index contributed by atoms with van der Waals surface area (Å²) in [6.45, 7) is 6.44. The Balaban J connectivity index is 1.86. The Morgan fingerprint density at radius 1 is 1.44 bits per heavy atom. The molecule has 1 N–H and O–H groups in total. The SMILES string of the molecule is CCC(CC)n1nc(C)cc1C(=O)N[C@@H]1CCOc2c(F)cccc21. The highest BCUT2D eigenvalue weighted by atomic mass is 19.1. The number of rotatable bonds is 5. The molecule has 1 aliphatic heterocycles. The number of para-hydroxylation sites is 1.